The van der Waals surface area contributed by atoms with Crippen LogP contribution in [0.1, 0.15) is 12.0 Å². The first-order chi connectivity index (χ1) is 11.1. The molecule has 0 unspecified atom stereocenters. The average Bonchev–Trinajstić information content (AvgIpc) is 2.55. The normalized spacial score (nSPS) is 10.0. The van der Waals surface area contributed by atoms with Crippen LogP contribution in [0.2, 0.25) is 5.02 Å². The van der Waals surface area contributed by atoms with E-state index in [1.54, 1.807) is 31.4 Å². The van der Waals surface area contributed by atoms with Crippen molar-refractivity contribution in [3.8, 4) is 5.75 Å². The molecular formula is C17H17ClN2O3. The number of halogens is 1. The SMILES string of the molecule is COc1ccccc1CNC(=O)CC(=O)Nc1ccc(Cl)cc1. The lowest BCUT2D eigenvalue weighted by Gasteiger charge is -2.09. The van der Waals surface area contributed by atoms with Crippen molar-refractivity contribution in [3.05, 3.63) is 59.1 Å². The molecule has 6 heteroatoms. The van der Waals surface area contributed by atoms with Gasteiger partial charge in [-0.2, -0.15) is 0 Å². The number of para-hydroxylation sites is 1. The van der Waals surface area contributed by atoms with Crippen LogP contribution in [0.25, 0.3) is 0 Å². The number of amides is 2. The molecule has 0 atom stereocenters. The molecule has 120 valence electrons. The first-order valence-corrected chi connectivity index (χ1v) is 7.40. The van der Waals surface area contributed by atoms with Gasteiger partial charge in [0.2, 0.25) is 11.8 Å². The summed E-state index contributed by atoms with van der Waals surface area (Å²) >= 11 is 5.77. The molecule has 23 heavy (non-hydrogen) atoms. The fourth-order valence-corrected chi connectivity index (χ4v) is 2.12. The molecular weight excluding hydrogens is 316 g/mol. The predicted molar refractivity (Wildman–Crippen MR) is 89.5 cm³/mol. The van der Waals surface area contributed by atoms with Gasteiger partial charge in [-0.15, -0.1) is 0 Å². The van der Waals surface area contributed by atoms with Gasteiger partial charge in [0.1, 0.15) is 12.2 Å². The van der Waals surface area contributed by atoms with Crippen LogP contribution in [0.3, 0.4) is 0 Å². The van der Waals surface area contributed by atoms with Gasteiger partial charge in [0.05, 0.1) is 7.11 Å². The maximum absolute atomic E-state index is 11.8. The Bertz CT molecular complexity index is 686. The van der Waals surface area contributed by atoms with Gasteiger partial charge in [0.15, 0.2) is 0 Å². The number of hydrogen-bond acceptors (Lipinski definition) is 3. The zero-order valence-corrected chi connectivity index (χ0v) is 13.4. The summed E-state index contributed by atoms with van der Waals surface area (Å²) in [6.07, 6.45) is -0.252. The van der Waals surface area contributed by atoms with Gasteiger partial charge in [0.25, 0.3) is 0 Å². The molecule has 0 aliphatic carbocycles. The van der Waals surface area contributed by atoms with E-state index in [0.717, 1.165) is 5.56 Å². The number of carbonyl (C=O) groups is 2. The van der Waals surface area contributed by atoms with Crippen LogP contribution in [-0.2, 0) is 16.1 Å². The Morgan fingerprint density at radius 3 is 2.43 bits per heavy atom. The van der Waals surface area contributed by atoms with Gasteiger partial charge in [-0.25, -0.2) is 0 Å². The highest BCUT2D eigenvalue weighted by atomic mass is 35.5. The Kier molecular flexibility index (Phi) is 6.00. The highest BCUT2D eigenvalue weighted by Gasteiger charge is 2.10. The highest BCUT2D eigenvalue weighted by Crippen LogP contribution is 2.17. The van der Waals surface area contributed by atoms with Crippen LogP contribution >= 0.6 is 11.6 Å². The molecule has 0 aliphatic rings. The maximum atomic E-state index is 11.8. The average molecular weight is 333 g/mol. The molecule has 2 aromatic rings. The van der Waals surface area contributed by atoms with Gasteiger partial charge < -0.3 is 15.4 Å². The molecule has 0 radical (unpaired) electrons. The van der Waals surface area contributed by atoms with Crippen LogP contribution < -0.4 is 15.4 Å². The molecule has 0 spiro atoms. The second kappa shape index (κ2) is 8.19. The van der Waals surface area contributed by atoms with Crippen molar-refractivity contribution in [1.29, 1.82) is 0 Å². The molecule has 0 fully saturated rings. The third-order valence-electron chi connectivity index (χ3n) is 3.12. The van der Waals surface area contributed by atoms with Crippen molar-refractivity contribution in [2.24, 2.45) is 0 Å². The minimum Gasteiger partial charge on any atom is -0.496 e. The van der Waals surface area contributed by atoms with E-state index in [-0.39, 0.29) is 18.2 Å². The lowest BCUT2D eigenvalue weighted by molar-refractivity contribution is -0.126. The predicted octanol–water partition coefficient (Wildman–Crippen LogP) is 2.99. The Balaban J connectivity index is 1.82. The molecule has 2 rings (SSSR count). The molecule has 0 bridgehead atoms. The molecule has 0 heterocycles. The standard InChI is InChI=1S/C17H17ClN2O3/c1-23-15-5-3-2-4-12(15)11-19-16(21)10-17(22)20-14-8-6-13(18)7-9-14/h2-9H,10-11H2,1H3,(H,19,21)(H,20,22). The zero-order chi connectivity index (χ0) is 16.7. The number of anilines is 1. The highest BCUT2D eigenvalue weighted by molar-refractivity contribution is 6.30. The van der Waals surface area contributed by atoms with Crippen LogP contribution in [0, 0.1) is 0 Å². The van der Waals surface area contributed by atoms with Gasteiger partial charge in [-0.1, -0.05) is 29.8 Å². The first-order valence-electron chi connectivity index (χ1n) is 7.02. The largest absolute Gasteiger partial charge is 0.496 e. The van der Waals surface area contributed by atoms with E-state index in [4.69, 9.17) is 16.3 Å². The van der Waals surface area contributed by atoms with Crippen molar-refractivity contribution in [3.63, 3.8) is 0 Å². The summed E-state index contributed by atoms with van der Waals surface area (Å²) in [7, 11) is 1.57. The second-order valence-corrected chi connectivity index (χ2v) is 5.26. The Morgan fingerprint density at radius 1 is 1.04 bits per heavy atom. The van der Waals surface area contributed by atoms with Crippen LogP contribution in [0.4, 0.5) is 5.69 Å². The summed E-state index contributed by atoms with van der Waals surface area (Å²) in [6.45, 7) is 0.303. The summed E-state index contributed by atoms with van der Waals surface area (Å²) in [4.78, 5) is 23.6. The fraction of sp³-hybridized carbons (Fsp3) is 0.176. The van der Waals surface area contributed by atoms with Gasteiger partial charge in [-0.05, 0) is 30.3 Å². The van der Waals surface area contributed by atoms with Gasteiger partial charge in [-0.3, -0.25) is 9.59 Å². The lowest BCUT2D eigenvalue weighted by atomic mass is 10.2. The van der Waals surface area contributed by atoms with E-state index in [2.05, 4.69) is 10.6 Å². The van der Waals surface area contributed by atoms with Crippen molar-refractivity contribution in [2.45, 2.75) is 13.0 Å². The topological polar surface area (TPSA) is 67.4 Å². The van der Waals surface area contributed by atoms with E-state index < -0.39 is 0 Å². The van der Waals surface area contributed by atoms with Gasteiger partial charge in [0, 0.05) is 22.8 Å². The van der Waals surface area contributed by atoms with E-state index in [1.807, 2.05) is 24.3 Å². The zero-order valence-electron chi connectivity index (χ0n) is 12.6. The molecule has 2 N–H and O–H groups in total. The Morgan fingerprint density at radius 2 is 1.74 bits per heavy atom. The maximum Gasteiger partial charge on any atom is 0.233 e. The minimum absolute atomic E-state index is 0.252. The molecule has 0 aromatic heterocycles. The van der Waals surface area contributed by atoms with Crippen molar-refractivity contribution in [1.82, 2.24) is 5.32 Å². The molecule has 0 saturated carbocycles. The fourth-order valence-electron chi connectivity index (χ4n) is 1.99. The lowest BCUT2D eigenvalue weighted by Crippen LogP contribution is -2.27. The summed E-state index contributed by atoms with van der Waals surface area (Å²) in [6, 6.07) is 14.1. The smallest absolute Gasteiger partial charge is 0.233 e. The molecule has 0 aliphatic heterocycles. The first kappa shape index (κ1) is 16.8. The molecule has 0 saturated heterocycles. The monoisotopic (exact) mass is 332 g/mol. The second-order valence-electron chi connectivity index (χ2n) is 4.82. The Hall–Kier alpha value is -2.53. The van der Waals surface area contributed by atoms with Gasteiger partial charge >= 0.3 is 0 Å². The number of benzene rings is 2. The number of methoxy groups -OCH3 is 1. The number of nitrogens with one attached hydrogen (secondary N) is 2. The van der Waals surface area contributed by atoms with Crippen molar-refractivity contribution < 1.29 is 14.3 Å². The number of hydrogen-bond donors (Lipinski definition) is 2. The van der Waals surface area contributed by atoms with E-state index >= 15 is 0 Å². The van der Waals surface area contributed by atoms with Crippen molar-refractivity contribution >= 4 is 29.1 Å². The van der Waals surface area contributed by atoms with Crippen LogP contribution in [-0.4, -0.2) is 18.9 Å². The number of carbonyl (C=O) groups excluding carboxylic acids is 2. The third-order valence-corrected chi connectivity index (χ3v) is 3.37. The summed E-state index contributed by atoms with van der Waals surface area (Å²) < 4.78 is 5.21. The molecule has 2 aromatic carbocycles. The number of rotatable bonds is 6. The Labute approximate surface area is 139 Å². The minimum atomic E-state index is -0.384. The quantitative estimate of drug-likeness (QED) is 0.799. The molecule has 5 nitrogen and oxygen atoms in total. The van der Waals surface area contributed by atoms with E-state index in [9.17, 15) is 9.59 Å². The van der Waals surface area contributed by atoms with E-state index in [1.165, 1.54) is 0 Å². The summed E-state index contributed by atoms with van der Waals surface area (Å²) in [5.41, 5.74) is 1.44. The van der Waals surface area contributed by atoms with E-state index in [0.29, 0.717) is 23.0 Å². The number of ether oxygens (including phenoxy) is 1. The summed E-state index contributed by atoms with van der Waals surface area (Å²) in [5.74, 6) is -0.0503. The van der Waals surface area contributed by atoms with Crippen molar-refractivity contribution in [2.75, 3.05) is 12.4 Å². The van der Waals surface area contributed by atoms with Crippen LogP contribution in [0.5, 0.6) is 5.75 Å². The molecule has 2 amide bonds. The third kappa shape index (κ3) is 5.30. The van der Waals surface area contributed by atoms with Crippen LogP contribution in [0.15, 0.2) is 48.5 Å². The summed E-state index contributed by atoms with van der Waals surface area (Å²) in [5, 5.41) is 5.92.